The molecule has 0 unspecified atom stereocenters. The highest BCUT2D eigenvalue weighted by molar-refractivity contribution is 4.99. The zero-order chi connectivity index (χ0) is 9.80. The molecule has 4 heteroatoms. The summed E-state index contributed by atoms with van der Waals surface area (Å²) in [5.41, 5.74) is 1.23. The van der Waals surface area contributed by atoms with Crippen molar-refractivity contribution in [2.45, 2.75) is 25.4 Å². The summed E-state index contributed by atoms with van der Waals surface area (Å²) in [5.74, 6) is 0. The minimum absolute atomic E-state index is 0.610. The lowest BCUT2D eigenvalue weighted by molar-refractivity contribution is 0.0774. The largest absolute Gasteiger partial charge is 0.381 e. The molecule has 0 atom stereocenters. The lowest BCUT2D eigenvalue weighted by Crippen LogP contribution is -2.34. The fraction of sp³-hybridized carbons (Fsp3) is 0.700. The molecular weight excluding hydrogens is 178 g/mol. The molecule has 1 fully saturated rings. The van der Waals surface area contributed by atoms with E-state index >= 15 is 0 Å². The van der Waals surface area contributed by atoms with Crippen LogP contribution in [0.1, 0.15) is 18.5 Å². The lowest BCUT2D eigenvalue weighted by atomic mass is 10.1. The molecule has 0 spiro atoms. The first-order valence-electron chi connectivity index (χ1n) is 5.14. The van der Waals surface area contributed by atoms with Gasteiger partial charge >= 0.3 is 0 Å². The highest BCUT2D eigenvalue weighted by Crippen LogP contribution is 2.07. The Bertz CT molecular complexity index is 279. The van der Waals surface area contributed by atoms with Gasteiger partial charge in [-0.15, -0.1) is 0 Å². The van der Waals surface area contributed by atoms with Gasteiger partial charge < -0.3 is 10.1 Å². The molecule has 1 N–H and O–H groups in total. The molecule has 1 aromatic heterocycles. The topological polar surface area (TPSA) is 39.1 Å². The van der Waals surface area contributed by atoms with Crippen LogP contribution < -0.4 is 5.32 Å². The lowest BCUT2D eigenvalue weighted by Gasteiger charge is -2.23. The van der Waals surface area contributed by atoms with Crippen LogP contribution in [0, 0.1) is 0 Å². The van der Waals surface area contributed by atoms with E-state index in [9.17, 15) is 0 Å². The van der Waals surface area contributed by atoms with E-state index in [1.807, 2.05) is 24.0 Å². The Kier molecular flexibility index (Phi) is 3.16. The van der Waals surface area contributed by atoms with Crippen molar-refractivity contribution in [3.05, 3.63) is 18.0 Å². The van der Waals surface area contributed by atoms with Gasteiger partial charge in [0.15, 0.2) is 0 Å². The maximum atomic E-state index is 5.30. The second-order valence-corrected chi connectivity index (χ2v) is 3.71. The zero-order valence-corrected chi connectivity index (χ0v) is 8.57. The summed E-state index contributed by atoms with van der Waals surface area (Å²) in [6.07, 6.45) is 4.08. The van der Waals surface area contributed by atoms with Gasteiger partial charge in [0.25, 0.3) is 0 Å². The van der Waals surface area contributed by atoms with E-state index < -0.39 is 0 Å². The number of aryl methyl sites for hydroxylation is 1. The van der Waals surface area contributed by atoms with Crippen molar-refractivity contribution in [1.82, 2.24) is 15.1 Å². The first-order valence-corrected chi connectivity index (χ1v) is 5.14. The molecule has 1 aliphatic heterocycles. The molecule has 0 radical (unpaired) electrons. The number of hydrogen-bond acceptors (Lipinski definition) is 3. The molecule has 2 rings (SSSR count). The van der Waals surface area contributed by atoms with Crippen molar-refractivity contribution >= 4 is 0 Å². The van der Waals surface area contributed by atoms with Crippen LogP contribution in [0.3, 0.4) is 0 Å². The summed E-state index contributed by atoms with van der Waals surface area (Å²) in [7, 11) is 1.97. The molecular formula is C10H17N3O. The third-order valence-corrected chi connectivity index (χ3v) is 2.72. The molecule has 4 nitrogen and oxygen atoms in total. The zero-order valence-electron chi connectivity index (χ0n) is 8.57. The normalized spacial score (nSPS) is 18.6. The van der Waals surface area contributed by atoms with Crippen LogP contribution in [-0.2, 0) is 18.3 Å². The number of aromatic nitrogens is 2. The maximum Gasteiger partial charge on any atom is 0.0518 e. The summed E-state index contributed by atoms with van der Waals surface area (Å²) in [4.78, 5) is 0. The van der Waals surface area contributed by atoms with Crippen molar-refractivity contribution in [1.29, 1.82) is 0 Å². The molecule has 1 saturated heterocycles. The Balaban J connectivity index is 1.79. The van der Waals surface area contributed by atoms with Gasteiger partial charge in [-0.05, 0) is 18.9 Å². The van der Waals surface area contributed by atoms with E-state index in [1.165, 1.54) is 5.69 Å². The summed E-state index contributed by atoms with van der Waals surface area (Å²) in [6.45, 7) is 2.69. The van der Waals surface area contributed by atoms with Gasteiger partial charge in [-0.2, -0.15) is 5.10 Å². The maximum absolute atomic E-state index is 5.30. The van der Waals surface area contributed by atoms with Gasteiger partial charge in [0.05, 0.1) is 5.69 Å². The summed E-state index contributed by atoms with van der Waals surface area (Å²) in [5, 5.41) is 7.66. The third kappa shape index (κ3) is 2.33. The predicted molar refractivity (Wildman–Crippen MR) is 53.9 cm³/mol. The molecule has 1 aromatic rings. The standard InChI is InChI=1S/C10H17N3O/c1-13-10(2-5-12-13)8-11-9-3-6-14-7-4-9/h2,5,9,11H,3-4,6-8H2,1H3. The van der Waals surface area contributed by atoms with E-state index in [4.69, 9.17) is 4.74 Å². The van der Waals surface area contributed by atoms with Crippen LogP contribution >= 0.6 is 0 Å². The average Bonchev–Trinajstić information content (AvgIpc) is 2.63. The van der Waals surface area contributed by atoms with Crippen molar-refractivity contribution in [2.24, 2.45) is 7.05 Å². The molecule has 0 amide bonds. The SMILES string of the molecule is Cn1nccc1CNC1CCOCC1. The quantitative estimate of drug-likeness (QED) is 0.771. The molecule has 0 saturated carbocycles. The third-order valence-electron chi connectivity index (χ3n) is 2.72. The van der Waals surface area contributed by atoms with Gasteiger partial charge in [0.1, 0.15) is 0 Å². The second kappa shape index (κ2) is 4.57. The van der Waals surface area contributed by atoms with E-state index in [2.05, 4.69) is 10.4 Å². The Morgan fingerprint density at radius 2 is 2.36 bits per heavy atom. The fourth-order valence-corrected chi connectivity index (χ4v) is 1.73. The fourth-order valence-electron chi connectivity index (χ4n) is 1.73. The van der Waals surface area contributed by atoms with Gasteiger partial charge in [-0.1, -0.05) is 0 Å². The highest BCUT2D eigenvalue weighted by Gasteiger charge is 2.12. The summed E-state index contributed by atoms with van der Waals surface area (Å²) < 4.78 is 7.21. The monoisotopic (exact) mass is 195 g/mol. The Labute approximate surface area is 84.3 Å². The first kappa shape index (κ1) is 9.68. The number of rotatable bonds is 3. The van der Waals surface area contributed by atoms with E-state index in [1.54, 1.807) is 0 Å². The average molecular weight is 195 g/mol. The Hall–Kier alpha value is -0.870. The molecule has 78 valence electrons. The van der Waals surface area contributed by atoms with Crippen molar-refractivity contribution in [2.75, 3.05) is 13.2 Å². The van der Waals surface area contributed by atoms with Crippen LogP contribution in [-0.4, -0.2) is 29.0 Å². The van der Waals surface area contributed by atoms with Gasteiger partial charge in [-0.3, -0.25) is 4.68 Å². The molecule has 0 aliphatic carbocycles. The Morgan fingerprint density at radius 3 is 3.00 bits per heavy atom. The van der Waals surface area contributed by atoms with Gasteiger partial charge in [0.2, 0.25) is 0 Å². The van der Waals surface area contributed by atoms with Crippen LogP contribution in [0.25, 0.3) is 0 Å². The second-order valence-electron chi connectivity index (χ2n) is 3.71. The Morgan fingerprint density at radius 1 is 1.57 bits per heavy atom. The molecule has 14 heavy (non-hydrogen) atoms. The number of ether oxygens (including phenoxy) is 1. The summed E-state index contributed by atoms with van der Waals surface area (Å²) >= 11 is 0. The minimum atomic E-state index is 0.610. The van der Waals surface area contributed by atoms with E-state index in [-0.39, 0.29) is 0 Å². The summed E-state index contributed by atoms with van der Waals surface area (Å²) in [6, 6.07) is 2.66. The van der Waals surface area contributed by atoms with Crippen molar-refractivity contribution < 1.29 is 4.74 Å². The van der Waals surface area contributed by atoms with E-state index in [0.29, 0.717) is 6.04 Å². The number of nitrogens with zero attached hydrogens (tertiary/aromatic N) is 2. The first-order chi connectivity index (χ1) is 6.86. The van der Waals surface area contributed by atoms with Crippen molar-refractivity contribution in [3.8, 4) is 0 Å². The van der Waals surface area contributed by atoms with Gasteiger partial charge in [-0.25, -0.2) is 0 Å². The van der Waals surface area contributed by atoms with Crippen LogP contribution in [0.4, 0.5) is 0 Å². The molecule has 0 bridgehead atoms. The van der Waals surface area contributed by atoms with E-state index in [0.717, 1.165) is 32.6 Å². The molecule has 2 heterocycles. The van der Waals surface area contributed by atoms with Crippen molar-refractivity contribution in [3.63, 3.8) is 0 Å². The number of nitrogens with one attached hydrogen (secondary N) is 1. The van der Waals surface area contributed by atoms with Crippen LogP contribution in [0.15, 0.2) is 12.3 Å². The highest BCUT2D eigenvalue weighted by atomic mass is 16.5. The predicted octanol–water partition coefficient (Wildman–Crippen LogP) is 0.689. The minimum Gasteiger partial charge on any atom is -0.381 e. The van der Waals surface area contributed by atoms with Gasteiger partial charge in [0, 0.05) is 39.0 Å². The molecule has 1 aliphatic rings. The van der Waals surface area contributed by atoms with Crippen LogP contribution in [0.2, 0.25) is 0 Å². The molecule has 0 aromatic carbocycles. The smallest absolute Gasteiger partial charge is 0.0518 e. The van der Waals surface area contributed by atoms with Crippen LogP contribution in [0.5, 0.6) is 0 Å². The number of hydrogen-bond donors (Lipinski definition) is 1.